The van der Waals surface area contributed by atoms with Gasteiger partial charge in [0.1, 0.15) is 0 Å². The van der Waals surface area contributed by atoms with E-state index in [-0.39, 0.29) is 12.2 Å². The minimum atomic E-state index is -0.379. The monoisotopic (exact) mass is 201 g/mol. The summed E-state index contributed by atoms with van der Waals surface area (Å²) in [4.78, 5) is 13.0. The van der Waals surface area contributed by atoms with Crippen LogP contribution in [0.1, 0.15) is 26.7 Å². The van der Waals surface area contributed by atoms with Crippen LogP contribution in [0.15, 0.2) is 0 Å². The highest BCUT2D eigenvalue weighted by Crippen LogP contribution is 2.11. The third kappa shape index (κ3) is 3.54. The molecule has 1 aliphatic rings. The van der Waals surface area contributed by atoms with Gasteiger partial charge >= 0.3 is 6.09 Å². The largest absolute Gasteiger partial charge is 0.449 e. The van der Waals surface area contributed by atoms with Gasteiger partial charge in [-0.25, -0.2) is 4.79 Å². The molecule has 1 saturated heterocycles. The number of aliphatic hydroxyl groups is 1. The van der Waals surface area contributed by atoms with Crippen LogP contribution in [0.3, 0.4) is 0 Å². The number of piperidine rings is 1. The van der Waals surface area contributed by atoms with Gasteiger partial charge in [0.15, 0.2) is 0 Å². The predicted molar refractivity (Wildman–Crippen MR) is 53.0 cm³/mol. The van der Waals surface area contributed by atoms with Crippen molar-refractivity contribution in [2.75, 3.05) is 19.7 Å². The second-order valence-electron chi connectivity index (χ2n) is 4.21. The maximum absolute atomic E-state index is 11.4. The average molecular weight is 201 g/mol. The molecule has 0 saturated carbocycles. The molecule has 0 radical (unpaired) electrons. The van der Waals surface area contributed by atoms with Gasteiger partial charge in [-0.15, -0.1) is 0 Å². The van der Waals surface area contributed by atoms with E-state index in [2.05, 4.69) is 0 Å². The van der Waals surface area contributed by atoms with Crippen molar-refractivity contribution in [1.82, 2.24) is 4.90 Å². The third-order valence-corrected chi connectivity index (χ3v) is 2.19. The summed E-state index contributed by atoms with van der Waals surface area (Å²) in [7, 11) is 0. The topological polar surface area (TPSA) is 49.8 Å². The lowest BCUT2D eigenvalue weighted by Crippen LogP contribution is -2.42. The fraction of sp³-hybridized carbons (Fsp3) is 0.900. The minimum Gasteiger partial charge on any atom is -0.449 e. The van der Waals surface area contributed by atoms with Crippen LogP contribution in [0.4, 0.5) is 4.79 Å². The first kappa shape index (κ1) is 11.3. The normalized spacial score (nSPS) is 22.6. The Balaban J connectivity index is 2.29. The molecule has 1 heterocycles. The van der Waals surface area contributed by atoms with Crippen LogP contribution in [0.25, 0.3) is 0 Å². The zero-order valence-corrected chi connectivity index (χ0v) is 8.90. The first-order valence-electron chi connectivity index (χ1n) is 5.19. The van der Waals surface area contributed by atoms with Crippen molar-refractivity contribution >= 4 is 6.09 Å². The number of carbonyl (C=O) groups is 1. The molecule has 1 N–H and O–H groups in total. The summed E-state index contributed by atoms with van der Waals surface area (Å²) >= 11 is 0. The quantitative estimate of drug-likeness (QED) is 0.731. The molecule has 0 unspecified atom stereocenters. The lowest BCUT2D eigenvalue weighted by Gasteiger charge is -2.29. The van der Waals surface area contributed by atoms with E-state index in [9.17, 15) is 9.90 Å². The van der Waals surface area contributed by atoms with Gasteiger partial charge in [-0.05, 0) is 18.8 Å². The highest BCUT2D eigenvalue weighted by molar-refractivity contribution is 5.67. The maximum Gasteiger partial charge on any atom is 0.409 e. The molecule has 1 fully saturated rings. The van der Waals surface area contributed by atoms with Crippen LogP contribution >= 0.6 is 0 Å². The molecule has 1 aliphatic heterocycles. The molecule has 0 bridgehead atoms. The summed E-state index contributed by atoms with van der Waals surface area (Å²) in [5.41, 5.74) is 0. The van der Waals surface area contributed by atoms with E-state index in [1.807, 2.05) is 13.8 Å². The van der Waals surface area contributed by atoms with E-state index in [4.69, 9.17) is 4.74 Å². The summed E-state index contributed by atoms with van der Waals surface area (Å²) in [5, 5.41) is 9.36. The summed E-state index contributed by atoms with van der Waals surface area (Å²) < 4.78 is 5.07. The number of carbonyl (C=O) groups excluding carboxylic acids is 1. The van der Waals surface area contributed by atoms with Crippen LogP contribution in [0.5, 0.6) is 0 Å². The highest BCUT2D eigenvalue weighted by atomic mass is 16.6. The second kappa shape index (κ2) is 5.20. The number of likely N-dealkylation sites (tertiary alicyclic amines) is 1. The lowest BCUT2D eigenvalue weighted by atomic mass is 10.1. The summed E-state index contributed by atoms with van der Waals surface area (Å²) in [6, 6.07) is 0. The van der Waals surface area contributed by atoms with Crippen LogP contribution in [-0.4, -0.2) is 41.9 Å². The number of hydrogen-bond acceptors (Lipinski definition) is 3. The van der Waals surface area contributed by atoms with Crippen molar-refractivity contribution < 1.29 is 14.6 Å². The number of ether oxygens (including phenoxy) is 1. The fourth-order valence-corrected chi connectivity index (χ4v) is 1.45. The van der Waals surface area contributed by atoms with Crippen LogP contribution in [-0.2, 0) is 4.74 Å². The summed E-state index contributed by atoms with van der Waals surface area (Å²) in [6.07, 6.45) is 0.971. The van der Waals surface area contributed by atoms with Gasteiger partial charge in [0.05, 0.1) is 12.7 Å². The maximum atomic E-state index is 11.4. The number of nitrogens with zero attached hydrogens (tertiary/aromatic N) is 1. The van der Waals surface area contributed by atoms with Crippen molar-refractivity contribution in [1.29, 1.82) is 0 Å². The van der Waals surface area contributed by atoms with Gasteiger partial charge in [0.2, 0.25) is 0 Å². The van der Waals surface area contributed by atoms with Crippen molar-refractivity contribution in [2.45, 2.75) is 32.8 Å². The molecule has 0 aromatic rings. The van der Waals surface area contributed by atoms with Crippen LogP contribution < -0.4 is 0 Å². The summed E-state index contributed by atoms with van der Waals surface area (Å²) in [6.45, 7) is 5.56. The van der Waals surface area contributed by atoms with Crippen molar-refractivity contribution in [3.05, 3.63) is 0 Å². The summed E-state index contributed by atoms with van der Waals surface area (Å²) in [5.74, 6) is 0.355. The molecular formula is C10H19NO3. The molecule has 82 valence electrons. The van der Waals surface area contributed by atoms with E-state index >= 15 is 0 Å². The molecule has 1 rings (SSSR count). The molecule has 4 heteroatoms. The Bertz CT molecular complexity index is 194. The van der Waals surface area contributed by atoms with E-state index < -0.39 is 0 Å². The molecule has 0 aromatic heterocycles. The smallest absolute Gasteiger partial charge is 0.409 e. The molecule has 0 spiro atoms. The van der Waals surface area contributed by atoms with Gasteiger partial charge < -0.3 is 14.7 Å². The highest BCUT2D eigenvalue weighted by Gasteiger charge is 2.22. The van der Waals surface area contributed by atoms with Crippen molar-refractivity contribution in [2.24, 2.45) is 5.92 Å². The Labute approximate surface area is 84.8 Å². The lowest BCUT2D eigenvalue weighted by molar-refractivity contribution is 0.0448. The zero-order valence-electron chi connectivity index (χ0n) is 8.90. The first-order chi connectivity index (χ1) is 6.59. The van der Waals surface area contributed by atoms with Crippen molar-refractivity contribution in [3.63, 3.8) is 0 Å². The van der Waals surface area contributed by atoms with Gasteiger partial charge in [0.25, 0.3) is 0 Å². The van der Waals surface area contributed by atoms with E-state index in [0.717, 1.165) is 12.8 Å². The SMILES string of the molecule is CC(C)COC(=O)N1CCC[C@H](O)C1. The third-order valence-electron chi connectivity index (χ3n) is 2.19. The van der Waals surface area contributed by atoms with Gasteiger partial charge in [-0.2, -0.15) is 0 Å². The number of hydrogen-bond donors (Lipinski definition) is 1. The van der Waals surface area contributed by atoms with Crippen LogP contribution in [0.2, 0.25) is 0 Å². The Morgan fingerprint density at radius 1 is 1.64 bits per heavy atom. The number of amides is 1. The Kier molecular flexibility index (Phi) is 4.20. The van der Waals surface area contributed by atoms with Gasteiger partial charge in [0, 0.05) is 13.1 Å². The van der Waals surface area contributed by atoms with E-state index in [1.54, 1.807) is 4.90 Å². The second-order valence-corrected chi connectivity index (χ2v) is 4.21. The molecule has 14 heavy (non-hydrogen) atoms. The molecule has 4 nitrogen and oxygen atoms in total. The number of aliphatic hydroxyl groups excluding tert-OH is 1. The fourth-order valence-electron chi connectivity index (χ4n) is 1.45. The Morgan fingerprint density at radius 3 is 2.93 bits per heavy atom. The van der Waals surface area contributed by atoms with Gasteiger partial charge in [-0.3, -0.25) is 0 Å². The Hall–Kier alpha value is -0.770. The molecule has 0 aliphatic carbocycles. The molecule has 1 amide bonds. The number of β-amino-alcohol motifs (C(OH)–C–C–N with tert-alkyl or cyclic N) is 1. The van der Waals surface area contributed by atoms with E-state index in [1.165, 1.54) is 0 Å². The first-order valence-corrected chi connectivity index (χ1v) is 5.19. The zero-order chi connectivity index (χ0) is 10.6. The molecular weight excluding hydrogens is 182 g/mol. The number of rotatable bonds is 2. The average Bonchev–Trinajstić information content (AvgIpc) is 2.14. The van der Waals surface area contributed by atoms with Crippen LogP contribution in [0, 0.1) is 5.92 Å². The predicted octanol–water partition coefficient (Wildman–Crippen LogP) is 1.24. The van der Waals surface area contributed by atoms with Gasteiger partial charge in [-0.1, -0.05) is 13.8 Å². The molecule has 0 aromatic carbocycles. The molecule has 1 atom stereocenters. The van der Waals surface area contributed by atoms with E-state index in [0.29, 0.717) is 25.6 Å². The van der Waals surface area contributed by atoms with Crippen molar-refractivity contribution in [3.8, 4) is 0 Å². The minimum absolute atomic E-state index is 0.294. The Morgan fingerprint density at radius 2 is 2.36 bits per heavy atom. The standard InChI is InChI=1S/C10H19NO3/c1-8(2)7-14-10(13)11-5-3-4-9(12)6-11/h8-9,12H,3-7H2,1-2H3/t9-/m0/s1.